The zero-order chi connectivity index (χ0) is 19.3. The van der Waals surface area contributed by atoms with Crippen molar-refractivity contribution < 1.29 is 18.0 Å². The van der Waals surface area contributed by atoms with E-state index in [-0.39, 0.29) is 11.4 Å². The van der Waals surface area contributed by atoms with Crippen LogP contribution >= 0.6 is 0 Å². The van der Waals surface area contributed by atoms with E-state index < -0.39 is 17.6 Å². The van der Waals surface area contributed by atoms with Crippen molar-refractivity contribution in [2.75, 3.05) is 39.3 Å². The molecule has 2 heterocycles. The van der Waals surface area contributed by atoms with Gasteiger partial charge >= 0.3 is 6.18 Å². The molecule has 0 spiro atoms. The molecule has 0 radical (unpaired) electrons. The largest absolute Gasteiger partial charge is 0.416 e. The first-order valence-corrected chi connectivity index (χ1v) is 8.75. The van der Waals surface area contributed by atoms with E-state index in [2.05, 4.69) is 25.8 Å². The molecular formula is C17H21F3N6O. The minimum absolute atomic E-state index is 0.0644. The molecule has 0 atom stereocenters. The molecule has 1 aromatic carbocycles. The number of carbonyl (C=O) groups excluding carboxylic acids is 1. The monoisotopic (exact) mass is 382 g/mol. The van der Waals surface area contributed by atoms with E-state index in [0.717, 1.165) is 56.0 Å². The molecule has 1 aliphatic heterocycles. The van der Waals surface area contributed by atoms with Crippen LogP contribution in [0.4, 0.5) is 13.2 Å². The van der Waals surface area contributed by atoms with Crippen molar-refractivity contribution in [2.24, 2.45) is 0 Å². The topological polar surface area (TPSA) is 75.1 Å². The second-order valence-corrected chi connectivity index (χ2v) is 6.30. The number of hydrogen-bond acceptors (Lipinski definition) is 5. The van der Waals surface area contributed by atoms with Crippen LogP contribution < -0.4 is 10.6 Å². The predicted octanol–water partition coefficient (Wildman–Crippen LogP) is 1.31. The van der Waals surface area contributed by atoms with Crippen LogP contribution in [0, 0.1) is 0 Å². The molecule has 1 aliphatic rings. The average Bonchev–Trinajstić information content (AvgIpc) is 3.16. The molecule has 1 aromatic heterocycles. The summed E-state index contributed by atoms with van der Waals surface area (Å²) in [6.45, 7) is 5.35. The van der Waals surface area contributed by atoms with E-state index in [0.29, 0.717) is 6.54 Å². The summed E-state index contributed by atoms with van der Waals surface area (Å²) in [5.41, 5.74) is -0.529. The van der Waals surface area contributed by atoms with Gasteiger partial charge in [0.15, 0.2) is 5.69 Å². The number of alkyl halides is 3. The first-order chi connectivity index (χ1) is 12.9. The van der Waals surface area contributed by atoms with Gasteiger partial charge in [-0.05, 0) is 31.2 Å². The molecule has 27 heavy (non-hydrogen) atoms. The van der Waals surface area contributed by atoms with Gasteiger partial charge in [0.25, 0.3) is 5.91 Å². The van der Waals surface area contributed by atoms with Crippen LogP contribution in [0.5, 0.6) is 0 Å². The van der Waals surface area contributed by atoms with Crippen molar-refractivity contribution in [1.82, 2.24) is 30.5 Å². The van der Waals surface area contributed by atoms with Crippen molar-refractivity contribution in [3.05, 3.63) is 41.7 Å². The average molecular weight is 382 g/mol. The first kappa shape index (κ1) is 19.3. The summed E-state index contributed by atoms with van der Waals surface area (Å²) in [4.78, 5) is 14.5. The number of piperazine rings is 1. The fraction of sp³-hybridized carbons (Fsp3) is 0.471. The van der Waals surface area contributed by atoms with E-state index in [1.165, 1.54) is 18.3 Å². The Morgan fingerprint density at radius 1 is 1.26 bits per heavy atom. The zero-order valence-electron chi connectivity index (χ0n) is 14.7. The molecule has 1 fully saturated rings. The summed E-state index contributed by atoms with van der Waals surface area (Å²) in [5.74, 6) is -0.395. The van der Waals surface area contributed by atoms with Crippen molar-refractivity contribution in [2.45, 2.75) is 12.6 Å². The van der Waals surface area contributed by atoms with Gasteiger partial charge < -0.3 is 15.5 Å². The normalized spacial score (nSPS) is 15.7. The van der Waals surface area contributed by atoms with Gasteiger partial charge in [-0.2, -0.15) is 13.2 Å². The number of nitrogens with zero attached hydrogens (tertiary/aromatic N) is 4. The van der Waals surface area contributed by atoms with Gasteiger partial charge in [0.05, 0.1) is 17.4 Å². The maximum Gasteiger partial charge on any atom is 0.416 e. The molecule has 0 aliphatic carbocycles. The molecule has 2 aromatic rings. The Morgan fingerprint density at radius 3 is 2.78 bits per heavy atom. The standard InChI is InChI=1S/C17H21F3N6O/c18-17(19,20)13-3-1-4-14(11-13)26-12-15(23-24-26)16(27)22-5-2-8-25-9-6-21-7-10-25/h1,3-4,11-12,21H,2,5-10H2,(H,22,27). The smallest absolute Gasteiger partial charge is 0.351 e. The molecule has 3 rings (SSSR count). The maximum absolute atomic E-state index is 12.8. The fourth-order valence-electron chi connectivity index (χ4n) is 2.85. The van der Waals surface area contributed by atoms with Gasteiger partial charge in [-0.1, -0.05) is 11.3 Å². The van der Waals surface area contributed by atoms with Gasteiger partial charge in [-0.25, -0.2) is 4.68 Å². The first-order valence-electron chi connectivity index (χ1n) is 8.75. The molecule has 146 valence electrons. The van der Waals surface area contributed by atoms with Crippen LogP contribution in [0.1, 0.15) is 22.5 Å². The molecule has 2 N–H and O–H groups in total. The van der Waals surface area contributed by atoms with Crippen LogP contribution in [0.3, 0.4) is 0 Å². The third kappa shape index (κ3) is 5.27. The molecule has 7 nitrogen and oxygen atoms in total. The highest BCUT2D eigenvalue weighted by Gasteiger charge is 2.30. The molecule has 1 saturated heterocycles. The van der Waals surface area contributed by atoms with E-state index in [9.17, 15) is 18.0 Å². The number of nitrogens with one attached hydrogen (secondary N) is 2. The number of carbonyl (C=O) groups is 1. The quantitative estimate of drug-likeness (QED) is 0.737. The molecule has 0 bridgehead atoms. The number of hydrogen-bond donors (Lipinski definition) is 2. The van der Waals surface area contributed by atoms with E-state index in [1.54, 1.807) is 0 Å². The SMILES string of the molecule is O=C(NCCCN1CCNCC1)c1cn(-c2cccc(C(F)(F)F)c2)nn1. The van der Waals surface area contributed by atoms with Crippen LogP contribution in [-0.2, 0) is 6.18 Å². The maximum atomic E-state index is 12.8. The number of amides is 1. The number of rotatable bonds is 6. The summed E-state index contributed by atoms with van der Waals surface area (Å²) in [6.07, 6.45) is -2.31. The highest BCUT2D eigenvalue weighted by molar-refractivity contribution is 5.91. The van der Waals surface area contributed by atoms with Crippen molar-refractivity contribution in [3.8, 4) is 5.69 Å². The van der Waals surface area contributed by atoms with Crippen LogP contribution in [0.25, 0.3) is 5.69 Å². The minimum atomic E-state index is -4.44. The summed E-state index contributed by atoms with van der Waals surface area (Å²) in [6, 6.07) is 4.70. The second-order valence-electron chi connectivity index (χ2n) is 6.30. The van der Waals surface area contributed by atoms with E-state index >= 15 is 0 Å². The Morgan fingerprint density at radius 2 is 2.04 bits per heavy atom. The molecule has 1 amide bonds. The summed E-state index contributed by atoms with van der Waals surface area (Å²) < 4.78 is 39.6. The van der Waals surface area contributed by atoms with Crippen LogP contribution in [0.2, 0.25) is 0 Å². The van der Waals surface area contributed by atoms with Gasteiger partial charge in [0.1, 0.15) is 0 Å². The Balaban J connectivity index is 1.53. The zero-order valence-corrected chi connectivity index (χ0v) is 14.7. The Bertz CT molecular complexity index is 770. The van der Waals surface area contributed by atoms with Gasteiger partial charge in [-0.3, -0.25) is 4.79 Å². The van der Waals surface area contributed by atoms with Gasteiger partial charge in [-0.15, -0.1) is 5.10 Å². The second kappa shape index (κ2) is 8.49. The Kier molecular flexibility index (Phi) is 6.07. The molecule has 0 unspecified atom stereocenters. The lowest BCUT2D eigenvalue weighted by molar-refractivity contribution is -0.137. The highest BCUT2D eigenvalue weighted by Crippen LogP contribution is 2.30. The number of benzene rings is 1. The van der Waals surface area contributed by atoms with Crippen molar-refractivity contribution >= 4 is 5.91 Å². The summed E-state index contributed by atoms with van der Waals surface area (Å²) in [5, 5.41) is 13.6. The van der Waals surface area contributed by atoms with Gasteiger partial charge in [0, 0.05) is 32.7 Å². The van der Waals surface area contributed by atoms with Crippen LogP contribution in [-0.4, -0.2) is 65.1 Å². The summed E-state index contributed by atoms with van der Waals surface area (Å²) in [7, 11) is 0. The highest BCUT2D eigenvalue weighted by atomic mass is 19.4. The van der Waals surface area contributed by atoms with E-state index in [4.69, 9.17) is 0 Å². The van der Waals surface area contributed by atoms with Crippen molar-refractivity contribution in [1.29, 1.82) is 0 Å². The lowest BCUT2D eigenvalue weighted by atomic mass is 10.2. The lowest BCUT2D eigenvalue weighted by Gasteiger charge is -2.26. The minimum Gasteiger partial charge on any atom is -0.351 e. The number of aromatic nitrogens is 3. The third-order valence-electron chi connectivity index (χ3n) is 4.31. The third-order valence-corrected chi connectivity index (χ3v) is 4.31. The molecular weight excluding hydrogens is 361 g/mol. The molecule has 0 saturated carbocycles. The van der Waals surface area contributed by atoms with Gasteiger partial charge in [0.2, 0.25) is 0 Å². The Labute approximate surface area is 154 Å². The van der Waals surface area contributed by atoms with Crippen LogP contribution in [0.15, 0.2) is 30.5 Å². The van der Waals surface area contributed by atoms with Crippen molar-refractivity contribution in [3.63, 3.8) is 0 Å². The summed E-state index contributed by atoms with van der Waals surface area (Å²) >= 11 is 0. The predicted molar refractivity (Wildman–Crippen MR) is 92.6 cm³/mol. The number of halogens is 3. The van der Waals surface area contributed by atoms with E-state index in [1.807, 2.05) is 0 Å². The Hall–Kier alpha value is -2.46. The lowest BCUT2D eigenvalue weighted by Crippen LogP contribution is -2.44. The molecule has 10 heteroatoms. The fourth-order valence-corrected chi connectivity index (χ4v) is 2.85.